The largest absolute Gasteiger partial charge is 0.487 e. The van der Waals surface area contributed by atoms with E-state index >= 15 is 0 Å². The normalized spacial score (nSPS) is 28.7. The third-order valence-corrected chi connectivity index (χ3v) is 9.17. The van der Waals surface area contributed by atoms with Crippen molar-refractivity contribution in [2.45, 2.75) is 70.1 Å². The number of ether oxygens (including phenoxy) is 2. The molecule has 1 saturated heterocycles. The van der Waals surface area contributed by atoms with Crippen LogP contribution in [0.2, 0.25) is 0 Å². The van der Waals surface area contributed by atoms with Gasteiger partial charge in [-0.2, -0.15) is 0 Å². The number of hydrogen-bond donors (Lipinski definition) is 0. The Morgan fingerprint density at radius 3 is 2.87 bits per heavy atom. The summed E-state index contributed by atoms with van der Waals surface area (Å²) in [5.74, 6) is 1.94. The van der Waals surface area contributed by atoms with E-state index in [1.54, 1.807) is 18.6 Å². The molecule has 0 radical (unpaired) electrons. The predicted molar refractivity (Wildman–Crippen MR) is 148 cm³/mol. The standard InChI is InChI=1S/C32H38N2O5/c1-20(2)17-34(29(36)11-8-23-12-15-37-19-23)26-10-9-25-27-16-24-6-5-7-28-30(24)32(25,31(26)39-28)13-14-33(27)18-21(3)38-22(4)35/h5-8,11-12,15,19-20,25-27,31H,3,9-10,13-14,16-18H2,1-2,4H3/t25-,26+,27+,31-,32-/m0/s1. The zero-order chi connectivity index (χ0) is 27.3. The number of benzene rings is 1. The van der Waals surface area contributed by atoms with Gasteiger partial charge in [-0.25, -0.2) is 0 Å². The fourth-order valence-electron chi connectivity index (χ4n) is 7.96. The molecular weight excluding hydrogens is 492 g/mol. The third-order valence-electron chi connectivity index (χ3n) is 9.17. The molecule has 0 N–H and O–H groups in total. The first kappa shape index (κ1) is 25.9. The predicted octanol–water partition coefficient (Wildman–Crippen LogP) is 4.96. The Morgan fingerprint density at radius 2 is 2.13 bits per heavy atom. The molecule has 2 aromatic rings. The lowest BCUT2D eigenvalue weighted by molar-refractivity contribution is -0.140. The molecule has 1 aromatic carbocycles. The molecule has 2 fully saturated rings. The molecule has 4 aliphatic rings. The van der Waals surface area contributed by atoms with Crippen LogP contribution >= 0.6 is 0 Å². The molecule has 6 rings (SSSR count). The lowest BCUT2D eigenvalue weighted by atomic mass is 9.51. The number of esters is 1. The van der Waals surface area contributed by atoms with Gasteiger partial charge in [-0.1, -0.05) is 32.6 Å². The third kappa shape index (κ3) is 4.41. The SMILES string of the molecule is C=C(CN1CC[C@]23c4c5cccc4O[C@H]2[C@H](N(CC(C)C)C(=O)C=Cc2ccoc2)CC[C@H]3[C@H]1C5)OC(C)=O. The minimum atomic E-state index is -0.325. The van der Waals surface area contributed by atoms with Crippen molar-refractivity contribution in [2.24, 2.45) is 11.8 Å². The van der Waals surface area contributed by atoms with Crippen LogP contribution in [0.4, 0.5) is 0 Å². The van der Waals surface area contributed by atoms with Crippen LogP contribution in [-0.2, 0) is 26.2 Å². The Hall–Kier alpha value is -3.32. The smallest absolute Gasteiger partial charge is 0.307 e. The van der Waals surface area contributed by atoms with Crippen LogP contribution in [0, 0.1) is 11.8 Å². The van der Waals surface area contributed by atoms with E-state index in [1.807, 2.05) is 12.1 Å². The highest BCUT2D eigenvalue weighted by Gasteiger charge is 2.66. The van der Waals surface area contributed by atoms with E-state index in [9.17, 15) is 9.59 Å². The van der Waals surface area contributed by atoms with Gasteiger partial charge in [0.25, 0.3) is 0 Å². The zero-order valence-electron chi connectivity index (χ0n) is 23.1. The van der Waals surface area contributed by atoms with Gasteiger partial charge in [0.2, 0.25) is 5.91 Å². The molecule has 7 heteroatoms. The summed E-state index contributed by atoms with van der Waals surface area (Å²) in [6.07, 6.45) is 10.5. The lowest BCUT2D eigenvalue weighted by Gasteiger charge is -2.60. The van der Waals surface area contributed by atoms with Gasteiger partial charge in [-0.05, 0) is 67.8 Å². The second-order valence-corrected chi connectivity index (χ2v) is 12.0. The average Bonchev–Trinajstić information content (AvgIpc) is 3.52. The topological polar surface area (TPSA) is 72.2 Å². The molecule has 2 aliphatic heterocycles. The summed E-state index contributed by atoms with van der Waals surface area (Å²) in [4.78, 5) is 29.8. The molecule has 5 atom stereocenters. The van der Waals surface area contributed by atoms with E-state index in [0.717, 1.165) is 43.5 Å². The van der Waals surface area contributed by atoms with Crippen molar-refractivity contribution in [3.8, 4) is 5.75 Å². The summed E-state index contributed by atoms with van der Waals surface area (Å²) < 4.78 is 17.4. The second kappa shape index (κ2) is 10.0. The molecule has 3 heterocycles. The number of hydrogen-bond acceptors (Lipinski definition) is 6. The minimum absolute atomic E-state index is 0.00767. The molecular formula is C32H38N2O5. The monoisotopic (exact) mass is 530 g/mol. The molecule has 7 nitrogen and oxygen atoms in total. The maximum absolute atomic E-state index is 13.7. The maximum atomic E-state index is 13.7. The van der Waals surface area contributed by atoms with E-state index < -0.39 is 0 Å². The molecule has 1 spiro atoms. The summed E-state index contributed by atoms with van der Waals surface area (Å²) in [6.45, 7) is 11.9. The first-order valence-electron chi connectivity index (χ1n) is 14.2. The zero-order valence-corrected chi connectivity index (χ0v) is 23.1. The number of likely N-dealkylation sites (tertiary alicyclic amines) is 1. The number of nitrogens with zero attached hydrogens (tertiary/aromatic N) is 2. The fourth-order valence-corrected chi connectivity index (χ4v) is 7.96. The highest BCUT2D eigenvalue weighted by Crippen LogP contribution is 2.62. The number of rotatable bonds is 8. The first-order chi connectivity index (χ1) is 18.8. The van der Waals surface area contributed by atoms with E-state index in [4.69, 9.17) is 13.9 Å². The van der Waals surface area contributed by atoms with Gasteiger partial charge >= 0.3 is 5.97 Å². The Labute approximate surface area is 230 Å². The second-order valence-electron chi connectivity index (χ2n) is 12.0. The number of carbonyl (C=O) groups excluding carboxylic acids is 2. The molecule has 1 amide bonds. The van der Waals surface area contributed by atoms with Gasteiger partial charge in [0.05, 0.1) is 25.1 Å². The van der Waals surface area contributed by atoms with Crippen LogP contribution in [0.5, 0.6) is 5.75 Å². The quantitative estimate of drug-likeness (QED) is 0.273. The van der Waals surface area contributed by atoms with Crippen molar-refractivity contribution in [1.29, 1.82) is 0 Å². The summed E-state index contributed by atoms with van der Waals surface area (Å²) in [5.41, 5.74) is 3.48. The van der Waals surface area contributed by atoms with E-state index in [-0.39, 0.29) is 29.4 Å². The first-order valence-corrected chi connectivity index (χ1v) is 14.2. The van der Waals surface area contributed by atoms with Gasteiger partial charge in [0, 0.05) is 42.1 Å². The highest BCUT2D eigenvalue weighted by atomic mass is 16.5. The Balaban J connectivity index is 1.34. The summed E-state index contributed by atoms with van der Waals surface area (Å²) in [7, 11) is 0. The molecule has 39 heavy (non-hydrogen) atoms. The Bertz CT molecular complexity index is 1300. The molecule has 1 saturated carbocycles. The van der Waals surface area contributed by atoms with Crippen LogP contribution in [0.25, 0.3) is 6.08 Å². The van der Waals surface area contributed by atoms with Crippen molar-refractivity contribution in [3.05, 3.63) is 71.9 Å². The molecule has 206 valence electrons. The number of amides is 1. The summed E-state index contributed by atoms with van der Waals surface area (Å²) >= 11 is 0. The summed E-state index contributed by atoms with van der Waals surface area (Å²) in [6, 6.07) is 8.61. The Kier molecular flexibility index (Phi) is 6.66. The van der Waals surface area contributed by atoms with Gasteiger partial charge in [0.15, 0.2) is 0 Å². The molecule has 1 aromatic heterocycles. The van der Waals surface area contributed by atoms with Gasteiger partial charge in [0.1, 0.15) is 17.6 Å². The minimum Gasteiger partial charge on any atom is -0.487 e. The van der Waals surface area contributed by atoms with Gasteiger partial charge in [-0.3, -0.25) is 14.5 Å². The van der Waals surface area contributed by atoms with Crippen molar-refractivity contribution in [2.75, 3.05) is 19.6 Å². The fraction of sp³-hybridized carbons (Fsp3) is 0.500. The molecule has 2 aliphatic carbocycles. The molecule has 2 bridgehead atoms. The maximum Gasteiger partial charge on any atom is 0.307 e. The highest BCUT2D eigenvalue weighted by molar-refractivity contribution is 5.92. The van der Waals surface area contributed by atoms with Crippen LogP contribution in [0.15, 0.2) is 59.6 Å². The summed E-state index contributed by atoms with van der Waals surface area (Å²) in [5, 5.41) is 0. The number of furan rings is 1. The van der Waals surface area contributed by atoms with E-state index in [1.165, 1.54) is 18.1 Å². The molecule has 0 unspecified atom stereocenters. The van der Waals surface area contributed by atoms with Crippen molar-refractivity contribution in [3.63, 3.8) is 0 Å². The van der Waals surface area contributed by atoms with Crippen molar-refractivity contribution >= 4 is 18.0 Å². The van der Waals surface area contributed by atoms with Crippen LogP contribution in [0.1, 0.15) is 56.7 Å². The average molecular weight is 531 g/mol. The van der Waals surface area contributed by atoms with Crippen LogP contribution in [0.3, 0.4) is 0 Å². The van der Waals surface area contributed by atoms with Crippen molar-refractivity contribution < 1.29 is 23.5 Å². The number of carbonyl (C=O) groups is 2. The van der Waals surface area contributed by atoms with E-state index in [0.29, 0.717) is 36.7 Å². The van der Waals surface area contributed by atoms with Crippen molar-refractivity contribution in [1.82, 2.24) is 9.80 Å². The number of piperidine rings is 1. The van der Waals surface area contributed by atoms with E-state index in [2.05, 4.69) is 48.4 Å². The van der Waals surface area contributed by atoms with Crippen LogP contribution in [-0.4, -0.2) is 59.5 Å². The lowest BCUT2D eigenvalue weighted by Crippen LogP contribution is -2.69. The Morgan fingerprint density at radius 1 is 1.28 bits per heavy atom. The van der Waals surface area contributed by atoms with Crippen LogP contribution < -0.4 is 4.74 Å². The van der Waals surface area contributed by atoms with Gasteiger partial charge < -0.3 is 18.8 Å². The van der Waals surface area contributed by atoms with Gasteiger partial charge in [-0.15, -0.1) is 0 Å².